The highest BCUT2D eigenvalue weighted by molar-refractivity contribution is 7.90. The monoisotopic (exact) mass is 595 g/mol. The number of benzene rings is 3. The predicted molar refractivity (Wildman–Crippen MR) is 153 cm³/mol. The molecule has 1 N–H and O–H groups in total. The molecule has 3 aromatic rings. The van der Waals surface area contributed by atoms with Gasteiger partial charge < -0.3 is 14.5 Å². The molecule has 1 saturated carbocycles. The molecule has 0 bridgehead atoms. The minimum absolute atomic E-state index is 0.0784. The van der Waals surface area contributed by atoms with Crippen LogP contribution in [-0.2, 0) is 19.6 Å². The summed E-state index contributed by atoms with van der Waals surface area (Å²) in [6.45, 7) is 0.785. The van der Waals surface area contributed by atoms with E-state index in [1.165, 1.54) is 4.90 Å². The minimum atomic E-state index is -3.87. The van der Waals surface area contributed by atoms with Crippen molar-refractivity contribution in [2.75, 3.05) is 24.6 Å². The maximum absolute atomic E-state index is 14.5. The Morgan fingerprint density at radius 2 is 1.55 bits per heavy atom. The number of hydrogen-bond donors (Lipinski definition) is 1. The fourth-order valence-electron chi connectivity index (χ4n) is 5.91. The molecule has 1 aliphatic carbocycles. The number of nitrogens with zero attached hydrogens (tertiary/aromatic N) is 2. The van der Waals surface area contributed by atoms with Gasteiger partial charge in [-0.15, -0.1) is 0 Å². The fourth-order valence-corrected chi connectivity index (χ4v) is 7.25. The number of carbonyl (C=O) groups excluding carboxylic acids is 2. The average molecular weight is 596 g/mol. The molecule has 11 heteroatoms. The number of rotatable bonds is 7. The fraction of sp³-hybridized carbons (Fsp3) is 0.355. The van der Waals surface area contributed by atoms with Crippen LogP contribution in [0.1, 0.15) is 42.7 Å². The normalized spacial score (nSPS) is 20.5. The van der Waals surface area contributed by atoms with Crippen molar-refractivity contribution in [2.45, 2.75) is 48.9 Å². The Morgan fingerprint density at radius 1 is 0.929 bits per heavy atom. The summed E-state index contributed by atoms with van der Waals surface area (Å²) in [6.07, 6.45) is 1.61. The molecule has 3 aromatic carbocycles. The lowest BCUT2D eigenvalue weighted by Crippen LogP contribution is -2.49. The van der Waals surface area contributed by atoms with Crippen LogP contribution in [0.2, 0.25) is 0 Å². The van der Waals surface area contributed by atoms with Gasteiger partial charge >= 0.3 is 0 Å². The molecular formula is C31H31F2N3O5S. The van der Waals surface area contributed by atoms with Gasteiger partial charge in [0.1, 0.15) is 11.8 Å². The topological polar surface area (TPSA) is 96.0 Å². The van der Waals surface area contributed by atoms with Crippen molar-refractivity contribution in [3.8, 4) is 5.75 Å². The maximum Gasteiger partial charge on any atom is 0.256 e. The second kappa shape index (κ2) is 11.4. The Balaban J connectivity index is 1.38. The maximum atomic E-state index is 14.5. The van der Waals surface area contributed by atoms with Gasteiger partial charge in [0.05, 0.1) is 23.5 Å². The van der Waals surface area contributed by atoms with E-state index in [1.54, 1.807) is 0 Å². The van der Waals surface area contributed by atoms with Crippen LogP contribution in [0, 0.1) is 11.6 Å². The Labute approximate surface area is 243 Å². The highest BCUT2D eigenvalue weighted by atomic mass is 32.2. The molecule has 6 rings (SSSR count). The Hall–Kier alpha value is -3.99. The third kappa shape index (κ3) is 5.57. The average Bonchev–Trinajstić information content (AvgIpc) is 3.78. The summed E-state index contributed by atoms with van der Waals surface area (Å²) in [6, 6.07) is 18.9. The van der Waals surface area contributed by atoms with Gasteiger partial charge in [-0.25, -0.2) is 17.2 Å². The number of anilines is 1. The smallest absolute Gasteiger partial charge is 0.256 e. The number of fused-ring (bicyclic) bond motifs is 1. The number of hydrogen-bond acceptors (Lipinski definition) is 6. The van der Waals surface area contributed by atoms with Crippen molar-refractivity contribution in [2.24, 2.45) is 0 Å². The van der Waals surface area contributed by atoms with Gasteiger partial charge in [-0.2, -0.15) is 0 Å². The molecule has 2 atom stereocenters. The molecular weight excluding hydrogens is 564 g/mol. The van der Waals surface area contributed by atoms with Gasteiger partial charge in [-0.3, -0.25) is 14.3 Å². The summed E-state index contributed by atoms with van der Waals surface area (Å²) < 4.78 is 61.9. The van der Waals surface area contributed by atoms with E-state index >= 15 is 0 Å². The zero-order valence-corrected chi connectivity index (χ0v) is 23.6. The van der Waals surface area contributed by atoms with Crippen LogP contribution in [0.25, 0.3) is 0 Å². The standard InChI is InChI=1S/C31H31F2N3O5S/c32-24-17-26-28(18-25(24)33)41-15-7-14-35(26)22-16-27(30(37)34-42(39,40)23-12-13-23)36(19-22)31(38)29(20-8-3-1-4-9-20)21-10-5-2-6-11-21/h1-6,8-11,17-18,22-23,27,29H,7,12-16,19H2,(H,34,37). The summed E-state index contributed by atoms with van der Waals surface area (Å²) in [5.74, 6) is -3.75. The highest BCUT2D eigenvalue weighted by Crippen LogP contribution is 2.39. The molecule has 0 aromatic heterocycles. The van der Waals surface area contributed by atoms with Crippen LogP contribution < -0.4 is 14.4 Å². The van der Waals surface area contributed by atoms with Gasteiger partial charge in [-0.05, 0) is 36.8 Å². The van der Waals surface area contributed by atoms with Crippen molar-refractivity contribution < 1.29 is 31.5 Å². The molecule has 3 aliphatic rings. The molecule has 2 aliphatic heterocycles. The zero-order chi connectivity index (χ0) is 29.4. The molecule has 2 fully saturated rings. The van der Waals surface area contributed by atoms with Crippen LogP contribution in [-0.4, -0.2) is 62.2 Å². The van der Waals surface area contributed by atoms with Crippen molar-refractivity contribution in [3.63, 3.8) is 0 Å². The lowest BCUT2D eigenvalue weighted by Gasteiger charge is -2.31. The second-order valence-electron chi connectivity index (χ2n) is 11.0. The van der Waals surface area contributed by atoms with Crippen LogP contribution in [0.5, 0.6) is 5.75 Å². The minimum Gasteiger partial charge on any atom is -0.491 e. The quantitative estimate of drug-likeness (QED) is 0.444. The van der Waals surface area contributed by atoms with Crippen LogP contribution in [0.15, 0.2) is 72.8 Å². The van der Waals surface area contributed by atoms with Gasteiger partial charge in [0, 0.05) is 31.3 Å². The van der Waals surface area contributed by atoms with E-state index in [-0.39, 0.29) is 31.2 Å². The number of nitrogens with one attached hydrogen (secondary N) is 1. The highest BCUT2D eigenvalue weighted by Gasteiger charge is 2.47. The third-order valence-corrected chi connectivity index (χ3v) is 9.97. The first-order valence-electron chi connectivity index (χ1n) is 14.1. The molecule has 2 amide bonds. The van der Waals surface area contributed by atoms with Crippen LogP contribution >= 0.6 is 0 Å². The number of amides is 2. The van der Waals surface area contributed by atoms with Gasteiger partial charge in [0.2, 0.25) is 15.9 Å². The van der Waals surface area contributed by atoms with Crippen LogP contribution in [0.4, 0.5) is 14.5 Å². The van der Waals surface area contributed by atoms with Gasteiger partial charge in [0.15, 0.2) is 11.6 Å². The Morgan fingerprint density at radius 3 is 2.17 bits per heavy atom. The van der Waals surface area contributed by atoms with E-state index in [4.69, 9.17) is 4.74 Å². The van der Waals surface area contributed by atoms with Crippen molar-refractivity contribution in [1.29, 1.82) is 0 Å². The summed E-state index contributed by atoms with van der Waals surface area (Å²) in [4.78, 5) is 31.3. The number of sulfonamides is 1. The van der Waals surface area contributed by atoms with E-state index in [0.717, 1.165) is 23.3 Å². The lowest BCUT2D eigenvalue weighted by molar-refractivity contribution is -0.138. The zero-order valence-electron chi connectivity index (χ0n) is 22.8. The van der Waals surface area contributed by atoms with Crippen molar-refractivity contribution >= 4 is 27.5 Å². The molecule has 0 radical (unpaired) electrons. The first-order chi connectivity index (χ1) is 20.2. The lowest BCUT2D eigenvalue weighted by atomic mass is 9.90. The van der Waals surface area contributed by atoms with E-state index < -0.39 is 50.8 Å². The van der Waals surface area contributed by atoms with E-state index in [0.29, 0.717) is 31.5 Å². The molecule has 42 heavy (non-hydrogen) atoms. The SMILES string of the molecule is O=C(NS(=O)(=O)C1CC1)C1CC(N2CCCOc3cc(F)c(F)cc32)CN1C(=O)C(c1ccccc1)c1ccccc1. The van der Waals surface area contributed by atoms with E-state index in [2.05, 4.69) is 4.72 Å². The van der Waals surface area contributed by atoms with Gasteiger partial charge in [0.25, 0.3) is 5.91 Å². The summed E-state index contributed by atoms with van der Waals surface area (Å²) >= 11 is 0. The third-order valence-electron chi connectivity index (χ3n) is 8.14. The van der Waals surface area contributed by atoms with Crippen molar-refractivity contribution in [1.82, 2.24) is 9.62 Å². The number of likely N-dealkylation sites (tertiary alicyclic amines) is 1. The number of halogens is 2. The molecule has 2 heterocycles. The first-order valence-corrected chi connectivity index (χ1v) is 15.6. The summed E-state index contributed by atoms with van der Waals surface area (Å²) in [5.41, 5.74) is 1.79. The molecule has 1 saturated heterocycles. The summed E-state index contributed by atoms with van der Waals surface area (Å²) in [5, 5.41) is -0.614. The number of ether oxygens (including phenoxy) is 1. The molecule has 220 valence electrons. The van der Waals surface area contributed by atoms with Gasteiger partial charge in [-0.1, -0.05) is 60.7 Å². The molecule has 8 nitrogen and oxygen atoms in total. The molecule has 0 spiro atoms. The van der Waals surface area contributed by atoms with Crippen molar-refractivity contribution in [3.05, 3.63) is 95.6 Å². The Kier molecular flexibility index (Phi) is 7.61. The Bertz CT molecular complexity index is 1550. The van der Waals surface area contributed by atoms with E-state index in [1.807, 2.05) is 65.6 Å². The van der Waals surface area contributed by atoms with Crippen LogP contribution in [0.3, 0.4) is 0 Å². The first kappa shape index (κ1) is 28.1. The predicted octanol–water partition coefficient (Wildman–Crippen LogP) is 3.96. The largest absolute Gasteiger partial charge is 0.491 e. The van der Waals surface area contributed by atoms with E-state index in [9.17, 15) is 26.8 Å². The molecule has 2 unspecified atom stereocenters. The summed E-state index contributed by atoms with van der Waals surface area (Å²) in [7, 11) is -3.87. The number of carbonyl (C=O) groups is 2. The second-order valence-corrected chi connectivity index (χ2v) is 13.0.